The molecular weight excluding hydrogens is 324 g/mol. The Labute approximate surface area is 152 Å². The maximum absolute atomic E-state index is 13.3. The van der Waals surface area contributed by atoms with Gasteiger partial charge in [0.15, 0.2) is 5.65 Å². The van der Waals surface area contributed by atoms with Gasteiger partial charge in [-0.25, -0.2) is 9.97 Å². The van der Waals surface area contributed by atoms with Crippen molar-refractivity contribution < 1.29 is 4.79 Å². The fourth-order valence-corrected chi connectivity index (χ4v) is 4.35. The Morgan fingerprint density at radius 1 is 1.12 bits per heavy atom. The van der Waals surface area contributed by atoms with E-state index in [2.05, 4.69) is 45.2 Å². The summed E-state index contributed by atoms with van der Waals surface area (Å²) in [7, 11) is 1.90. The zero-order chi connectivity index (χ0) is 17.7. The highest BCUT2D eigenvalue weighted by atomic mass is 16.2. The van der Waals surface area contributed by atoms with Gasteiger partial charge >= 0.3 is 0 Å². The molecule has 2 atom stereocenters. The Balaban J connectivity index is 1.51. The molecule has 1 amide bonds. The summed E-state index contributed by atoms with van der Waals surface area (Å²) in [6.07, 6.45) is 8.71. The van der Waals surface area contributed by atoms with E-state index in [1.807, 2.05) is 17.7 Å². The number of nitrogens with zero attached hydrogens (tertiary/aromatic N) is 4. The van der Waals surface area contributed by atoms with E-state index >= 15 is 0 Å². The van der Waals surface area contributed by atoms with Crippen LogP contribution in [0.3, 0.4) is 0 Å². The zero-order valence-corrected chi connectivity index (χ0v) is 14.7. The van der Waals surface area contributed by atoms with Crippen LogP contribution in [0.5, 0.6) is 0 Å². The van der Waals surface area contributed by atoms with E-state index in [0.717, 1.165) is 24.9 Å². The molecule has 5 heteroatoms. The normalized spacial score (nSPS) is 21.9. The molecular formula is C21H20N4O. The molecule has 4 heterocycles. The molecule has 0 saturated carbocycles. The van der Waals surface area contributed by atoms with Crippen LogP contribution in [0.2, 0.25) is 0 Å². The average Bonchev–Trinajstić information content (AvgIpc) is 3.18. The molecule has 0 spiro atoms. The highest BCUT2D eigenvalue weighted by Gasteiger charge is 2.40. The van der Waals surface area contributed by atoms with Gasteiger partial charge in [0.05, 0.1) is 17.9 Å². The van der Waals surface area contributed by atoms with Crippen molar-refractivity contribution in [2.45, 2.75) is 31.3 Å². The molecule has 0 aliphatic carbocycles. The third-order valence-electron chi connectivity index (χ3n) is 5.60. The fourth-order valence-electron chi connectivity index (χ4n) is 4.35. The first-order valence-electron chi connectivity index (χ1n) is 9.07. The number of hydrogen-bond acceptors (Lipinski definition) is 3. The van der Waals surface area contributed by atoms with Gasteiger partial charge in [-0.15, -0.1) is 0 Å². The number of carbonyl (C=O) groups excluding carboxylic acids is 1. The zero-order valence-electron chi connectivity index (χ0n) is 14.7. The smallest absolute Gasteiger partial charge is 0.257 e. The lowest BCUT2D eigenvalue weighted by Gasteiger charge is -2.34. The highest BCUT2D eigenvalue weighted by molar-refractivity contribution is 6.04. The van der Waals surface area contributed by atoms with Gasteiger partial charge in [-0.2, -0.15) is 0 Å². The monoisotopic (exact) mass is 344 g/mol. The van der Waals surface area contributed by atoms with E-state index in [-0.39, 0.29) is 18.0 Å². The summed E-state index contributed by atoms with van der Waals surface area (Å²) in [5, 5.41) is 0. The van der Waals surface area contributed by atoms with Gasteiger partial charge in [-0.05, 0) is 36.5 Å². The van der Waals surface area contributed by atoms with Crippen molar-refractivity contribution in [1.29, 1.82) is 0 Å². The van der Waals surface area contributed by atoms with Gasteiger partial charge in [0.25, 0.3) is 5.91 Å². The molecule has 3 aromatic rings. The first-order chi connectivity index (χ1) is 12.7. The number of aryl methyl sites for hydroxylation is 1. The SMILES string of the molecule is Cn1cnc2c(C(=O)N3[C@@H]4CC[C@@H]3C=C(c3ccccc3)C4)ccnc21. The molecule has 26 heavy (non-hydrogen) atoms. The lowest BCUT2D eigenvalue weighted by atomic mass is 9.94. The number of benzene rings is 1. The number of imidazole rings is 1. The van der Waals surface area contributed by atoms with Crippen LogP contribution in [-0.4, -0.2) is 37.4 Å². The third kappa shape index (κ3) is 2.27. The fraction of sp³-hybridized carbons (Fsp3) is 0.286. The average molecular weight is 344 g/mol. The molecule has 0 N–H and O–H groups in total. The second-order valence-corrected chi connectivity index (χ2v) is 7.16. The van der Waals surface area contributed by atoms with Crippen LogP contribution in [0.25, 0.3) is 16.7 Å². The summed E-state index contributed by atoms with van der Waals surface area (Å²) >= 11 is 0. The lowest BCUT2D eigenvalue weighted by molar-refractivity contribution is 0.0694. The topological polar surface area (TPSA) is 51.0 Å². The van der Waals surface area contributed by atoms with Crippen LogP contribution in [0.15, 0.2) is 55.0 Å². The quantitative estimate of drug-likeness (QED) is 0.716. The number of aromatic nitrogens is 3. The van der Waals surface area contributed by atoms with E-state index in [4.69, 9.17) is 0 Å². The van der Waals surface area contributed by atoms with Crippen molar-refractivity contribution in [2.24, 2.45) is 7.05 Å². The van der Waals surface area contributed by atoms with Crippen molar-refractivity contribution in [3.05, 3.63) is 66.1 Å². The molecule has 5 rings (SSSR count). The Kier molecular flexibility index (Phi) is 3.42. The van der Waals surface area contributed by atoms with Gasteiger partial charge < -0.3 is 9.47 Å². The van der Waals surface area contributed by atoms with Crippen LogP contribution in [-0.2, 0) is 7.05 Å². The maximum atomic E-state index is 13.3. The highest BCUT2D eigenvalue weighted by Crippen LogP contribution is 2.39. The van der Waals surface area contributed by atoms with E-state index < -0.39 is 0 Å². The van der Waals surface area contributed by atoms with Crippen LogP contribution < -0.4 is 0 Å². The van der Waals surface area contributed by atoms with Crippen LogP contribution >= 0.6 is 0 Å². The molecule has 1 aromatic carbocycles. The third-order valence-corrected chi connectivity index (χ3v) is 5.60. The minimum absolute atomic E-state index is 0.0759. The van der Waals surface area contributed by atoms with E-state index in [1.165, 1.54) is 11.1 Å². The number of rotatable bonds is 2. The molecule has 1 fully saturated rings. The Bertz CT molecular complexity index is 1020. The van der Waals surface area contributed by atoms with Crippen LogP contribution in [0, 0.1) is 0 Å². The Hall–Kier alpha value is -2.95. The predicted octanol–water partition coefficient (Wildman–Crippen LogP) is 3.43. The minimum atomic E-state index is 0.0759. The van der Waals surface area contributed by atoms with E-state index in [9.17, 15) is 4.79 Å². The molecule has 2 aliphatic heterocycles. The number of hydrogen-bond donors (Lipinski definition) is 0. The molecule has 0 radical (unpaired) electrons. The standard InChI is InChI=1S/C21H20N4O/c1-24-13-23-19-18(9-10-22-20(19)24)21(26)25-16-7-8-17(25)12-15(11-16)14-5-3-2-4-6-14/h2-6,9-11,13,16-17H,7-8,12H2,1H3/t16-,17-/m1/s1. The first kappa shape index (κ1) is 15.3. The molecule has 2 aliphatic rings. The number of carbonyl (C=O) groups is 1. The van der Waals surface area contributed by atoms with E-state index in [0.29, 0.717) is 11.1 Å². The first-order valence-corrected chi connectivity index (χ1v) is 9.07. The molecule has 1 saturated heterocycles. The predicted molar refractivity (Wildman–Crippen MR) is 101 cm³/mol. The summed E-state index contributed by atoms with van der Waals surface area (Å²) in [4.78, 5) is 24.2. The summed E-state index contributed by atoms with van der Waals surface area (Å²) in [6, 6.07) is 12.7. The van der Waals surface area contributed by atoms with Gasteiger partial charge in [-0.3, -0.25) is 4.79 Å². The van der Waals surface area contributed by atoms with Gasteiger partial charge in [0.1, 0.15) is 5.52 Å². The van der Waals surface area contributed by atoms with Crippen LogP contribution in [0.4, 0.5) is 0 Å². The lowest BCUT2D eigenvalue weighted by Crippen LogP contribution is -2.43. The van der Waals surface area contributed by atoms with Crippen molar-refractivity contribution in [3.8, 4) is 0 Å². The number of pyridine rings is 1. The molecule has 2 bridgehead atoms. The Morgan fingerprint density at radius 3 is 2.77 bits per heavy atom. The Morgan fingerprint density at radius 2 is 1.96 bits per heavy atom. The molecule has 2 aromatic heterocycles. The summed E-state index contributed by atoms with van der Waals surface area (Å²) in [5.41, 5.74) is 4.73. The van der Waals surface area contributed by atoms with Crippen LogP contribution in [0.1, 0.15) is 35.2 Å². The van der Waals surface area contributed by atoms with Gasteiger partial charge in [0.2, 0.25) is 0 Å². The van der Waals surface area contributed by atoms with Crippen molar-refractivity contribution >= 4 is 22.6 Å². The number of fused-ring (bicyclic) bond motifs is 3. The van der Waals surface area contributed by atoms with Crippen molar-refractivity contribution in [2.75, 3.05) is 0 Å². The maximum Gasteiger partial charge on any atom is 0.257 e. The molecule has 0 unspecified atom stereocenters. The van der Waals surface area contributed by atoms with Gasteiger partial charge in [0, 0.05) is 19.3 Å². The summed E-state index contributed by atoms with van der Waals surface area (Å²) in [6.45, 7) is 0. The van der Waals surface area contributed by atoms with Crippen molar-refractivity contribution in [3.63, 3.8) is 0 Å². The van der Waals surface area contributed by atoms with Crippen molar-refractivity contribution in [1.82, 2.24) is 19.4 Å². The minimum Gasteiger partial charge on any atom is -0.329 e. The second-order valence-electron chi connectivity index (χ2n) is 7.16. The molecule has 5 nitrogen and oxygen atoms in total. The number of amides is 1. The molecule has 130 valence electrons. The largest absolute Gasteiger partial charge is 0.329 e. The van der Waals surface area contributed by atoms with E-state index in [1.54, 1.807) is 18.6 Å². The second kappa shape index (κ2) is 5.80. The van der Waals surface area contributed by atoms with Gasteiger partial charge in [-0.1, -0.05) is 36.4 Å². The summed E-state index contributed by atoms with van der Waals surface area (Å²) in [5.74, 6) is 0.0759. The summed E-state index contributed by atoms with van der Waals surface area (Å²) < 4.78 is 1.85.